The van der Waals surface area contributed by atoms with Crippen LogP contribution in [0.3, 0.4) is 0 Å². The molecule has 0 saturated carbocycles. The Bertz CT molecular complexity index is 1260. The molecule has 0 saturated heterocycles. The Kier molecular flexibility index (Phi) is 8.48. The fraction of sp³-hybridized carbons (Fsp3) is 0. The zero-order valence-electron chi connectivity index (χ0n) is 13.7. The Hall–Kier alpha value is -0.760. The predicted octanol–water partition coefficient (Wildman–Crippen LogP) is 7.09. The number of rotatable bonds is 0. The molecule has 0 aliphatic carbocycles. The second-order valence-electron chi connectivity index (χ2n) is 5.06. The van der Waals surface area contributed by atoms with E-state index in [4.69, 9.17) is 46.4 Å². The van der Waals surface area contributed by atoms with Crippen molar-refractivity contribution in [2.45, 2.75) is 0 Å². The average Bonchev–Trinajstić information content (AvgIpc) is 3.10. The lowest BCUT2D eigenvalue weighted by atomic mass is 10.4. The summed E-state index contributed by atoms with van der Waals surface area (Å²) in [6.45, 7) is 0. The molecule has 0 radical (unpaired) electrons. The number of H-pyrrole nitrogens is 1. The molecule has 29 heavy (non-hydrogen) atoms. The zero-order valence-corrected chi connectivity index (χ0v) is 19.8. The standard InChI is InChI=1S/C7H3Cl3N2.C7H5ClN2O2.Cl3OP/c8-4-1-2-12-7(4)5(9)3-6(10)11-12;8-4-1-2-10-7(4)5(11)3-6(12)9-10;1-5(2,3)4/h1-3H;1-3,11H,(H,9,12);. The number of nitrogens with zero attached hydrogens (tertiary/aromatic N) is 3. The molecule has 0 unspecified atom stereocenters. The molecule has 0 bridgehead atoms. The summed E-state index contributed by atoms with van der Waals surface area (Å²) in [5, 5.41) is 14.3. The van der Waals surface area contributed by atoms with Gasteiger partial charge in [-0.15, -0.1) is 0 Å². The topological polar surface area (TPSA) is 91.9 Å². The van der Waals surface area contributed by atoms with Crippen LogP contribution in [-0.4, -0.2) is 24.3 Å². The maximum Gasteiger partial charge on any atom is 0.339 e. The third-order valence-electron chi connectivity index (χ3n) is 3.07. The van der Waals surface area contributed by atoms with Crippen LogP contribution in [0.25, 0.3) is 11.0 Å². The van der Waals surface area contributed by atoms with Crippen molar-refractivity contribution in [1.29, 1.82) is 0 Å². The van der Waals surface area contributed by atoms with Crippen LogP contribution < -0.4 is 5.56 Å². The number of hydrogen-bond acceptors (Lipinski definition) is 4. The van der Waals surface area contributed by atoms with Gasteiger partial charge in [-0.25, -0.2) is 4.52 Å². The summed E-state index contributed by atoms with van der Waals surface area (Å²) >= 11 is 37.0. The average molecular weight is 559 g/mol. The van der Waals surface area contributed by atoms with Crippen molar-refractivity contribution in [3.63, 3.8) is 0 Å². The van der Waals surface area contributed by atoms with Gasteiger partial charge in [-0.05, 0) is 51.9 Å². The smallest absolute Gasteiger partial charge is 0.339 e. The molecular weight excluding hydrogens is 551 g/mol. The summed E-state index contributed by atoms with van der Waals surface area (Å²) in [4.78, 5) is 10.8. The van der Waals surface area contributed by atoms with Crippen LogP contribution in [0.2, 0.25) is 20.2 Å². The first-order chi connectivity index (χ1) is 13.4. The third kappa shape index (κ3) is 7.16. The normalized spacial score (nSPS) is 11.0. The van der Waals surface area contributed by atoms with Gasteiger partial charge in [0.15, 0.2) is 5.15 Å². The van der Waals surface area contributed by atoms with Gasteiger partial charge >= 0.3 is 5.20 Å². The number of aromatic nitrogens is 4. The molecule has 15 heteroatoms. The van der Waals surface area contributed by atoms with E-state index < -0.39 is 5.20 Å². The Labute approximate surface area is 197 Å². The van der Waals surface area contributed by atoms with Crippen LogP contribution in [0.15, 0.2) is 41.5 Å². The summed E-state index contributed by atoms with van der Waals surface area (Å²) in [6.07, 6.45) is 3.27. The van der Waals surface area contributed by atoms with Gasteiger partial charge in [-0.3, -0.25) is 19.0 Å². The van der Waals surface area contributed by atoms with Crippen LogP contribution >= 0.6 is 85.3 Å². The van der Waals surface area contributed by atoms with Gasteiger partial charge < -0.3 is 5.11 Å². The molecule has 4 heterocycles. The maximum atomic E-state index is 10.8. The lowest BCUT2D eigenvalue weighted by Gasteiger charge is -1.97. The molecule has 4 rings (SSSR count). The third-order valence-corrected chi connectivity index (χ3v) is 4.15. The SMILES string of the molecule is Clc1cc(Cl)c2c(Cl)ccn2n1.O=P(Cl)(Cl)Cl.O=c1cc(O)c2c(Cl)ccn2[nH]1. The molecule has 4 aromatic rings. The molecule has 0 fully saturated rings. The number of nitrogens with one attached hydrogen (secondary N) is 1. The molecule has 0 amide bonds. The summed E-state index contributed by atoms with van der Waals surface area (Å²) < 4.78 is 12.4. The van der Waals surface area contributed by atoms with E-state index in [-0.39, 0.29) is 11.3 Å². The van der Waals surface area contributed by atoms with Crippen LogP contribution in [0, 0.1) is 0 Å². The molecule has 4 aromatic heterocycles. The predicted molar refractivity (Wildman–Crippen MR) is 120 cm³/mol. The molecule has 0 aromatic carbocycles. The zero-order chi connectivity index (χ0) is 21.9. The van der Waals surface area contributed by atoms with Crippen molar-refractivity contribution in [2.75, 3.05) is 0 Å². The van der Waals surface area contributed by atoms with Crippen molar-refractivity contribution < 1.29 is 9.67 Å². The largest absolute Gasteiger partial charge is 0.505 e. The van der Waals surface area contributed by atoms with Gasteiger partial charge in [0.05, 0.1) is 15.1 Å². The van der Waals surface area contributed by atoms with Gasteiger partial charge in [0.1, 0.15) is 16.8 Å². The van der Waals surface area contributed by atoms with Gasteiger partial charge in [0.25, 0.3) is 5.56 Å². The number of aromatic hydroxyl groups is 1. The molecule has 156 valence electrons. The van der Waals surface area contributed by atoms with E-state index in [1.54, 1.807) is 35.1 Å². The Balaban J connectivity index is 0.000000170. The van der Waals surface area contributed by atoms with Crippen LogP contribution in [-0.2, 0) is 4.57 Å². The number of halogens is 7. The molecule has 0 atom stereocenters. The highest BCUT2D eigenvalue weighted by Crippen LogP contribution is 2.61. The van der Waals surface area contributed by atoms with Crippen LogP contribution in [0.1, 0.15) is 0 Å². The van der Waals surface area contributed by atoms with Crippen molar-refractivity contribution in [1.82, 2.24) is 19.2 Å². The molecule has 2 N–H and O–H groups in total. The molecule has 7 nitrogen and oxygen atoms in total. The van der Waals surface area contributed by atoms with Crippen LogP contribution in [0.4, 0.5) is 0 Å². The number of fused-ring (bicyclic) bond motifs is 2. The lowest BCUT2D eigenvalue weighted by molar-refractivity contribution is 0.476. The Morgan fingerprint density at radius 2 is 1.48 bits per heavy atom. The minimum Gasteiger partial charge on any atom is -0.505 e. The summed E-state index contributed by atoms with van der Waals surface area (Å²) in [5.41, 5.74) is 0.728. The Morgan fingerprint density at radius 1 is 0.931 bits per heavy atom. The monoisotopic (exact) mass is 556 g/mol. The summed E-state index contributed by atoms with van der Waals surface area (Å²) in [6, 6.07) is 5.95. The van der Waals surface area contributed by atoms with Crippen molar-refractivity contribution >= 4 is 96.4 Å². The van der Waals surface area contributed by atoms with E-state index in [9.17, 15) is 14.5 Å². The number of aromatic amines is 1. The van der Waals surface area contributed by atoms with E-state index in [2.05, 4.69) is 43.9 Å². The van der Waals surface area contributed by atoms with E-state index in [1.807, 2.05) is 0 Å². The molecule has 0 spiro atoms. The van der Waals surface area contributed by atoms with Gasteiger partial charge in [0, 0.05) is 18.5 Å². The highest BCUT2D eigenvalue weighted by molar-refractivity contribution is 8.24. The quantitative estimate of drug-likeness (QED) is 0.225. The molecule has 0 aliphatic heterocycles. The van der Waals surface area contributed by atoms with E-state index in [1.165, 1.54) is 4.52 Å². The highest BCUT2D eigenvalue weighted by atomic mass is 36.0. The minimum absolute atomic E-state index is 0.117. The molecular formula is C14H8Cl7N4O3P. The second kappa shape index (κ2) is 10.0. The summed E-state index contributed by atoms with van der Waals surface area (Å²) in [7, 11) is 0. The van der Waals surface area contributed by atoms with Crippen molar-refractivity contribution in [2.24, 2.45) is 0 Å². The minimum atomic E-state index is -3.22. The summed E-state index contributed by atoms with van der Waals surface area (Å²) in [5.74, 6) is -0.117. The van der Waals surface area contributed by atoms with E-state index >= 15 is 0 Å². The Morgan fingerprint density at radius 3 is 2.10 bits per heavy atom. The first-order valence-corrected chi connectivity index (χ1v) is 13.1. The van der Waals surface area contributed by atoms with E-state index in [0.29, 0.717) is 31.3 Å². The van der Waals surface area contributed by atoms with Crippen molar-refractivity contribution in [3.8, 4) is 5.75 Å². The highest BCUT2D eigenvalue weighted by Gasteiger charge is 2.07. The fourth-order valence-electron chi connectivity index (χ4n) is 2.10. The molecule has 0 aliphatic rings. The maximum absolute atomic E-state index is 10.8. The van der Waals surface area contributed by atoms with Gasteiger partial charge in [0.2, 0.25) is 0 Å². The van der Waals surface area contributed by atoms with Gasteiger partial charge in [-0.1, -0.05) is 46.4 Å². The first-order valence-electron chi connectivity index (χ1n) is 7.13. The van der Waals surface area contributed by atoms with Gasteiger partial charge in [-0.2, -0.15) is 5.10 Å². The number of hydrogen-bond donors (Lipinski definition) is 2. The second-order valence-corrected chi connectivity index (χ2v) is 13.3. The first kappa shape index (κ1) is 24.5. The van der Waals surface area contributed by atoms with E-state index in [0.717, 1.165) is 6.07 Å². The fourth-order valence-corrected chi connectivity index (χ4v) is 3.18. The lowest BCUT2D eigenvalue weighted by Crippen LogP contribution is -2.08. The van der Waals surface area contributed by atoms with Crippen LogP contribution in [0.5, 0.6) is 5.75 Å². The van der Waals surface area contributed by atoms with Crippen molar-refractivity contribution in [3.05, 3.63) is 67.2 Å².